The van der Waals surface area contributed by atoms with Gasteiger partial charge in [-0.25, -0.2) is 0 Å². The molecule has 0 N–H and O–H groups in total. The Labute approximate surface area is 69.9 Å². The first-order chi connectivity index (χ1) is 5.18. The maximum atomic E-state index is 5.29. The summed E-state index contributed by atoms with van der Waals surface area (Å²) < 4.78 is 15.5. The fourth-order valence-electron chi connectivity index (χ4n) is 0.825. The van der Waals surface area contributed by atoms with E-state index >= 15 is 0 Å². The molecule has 0 aliphatic rings. The van der Waals surface area contributed by atoms with E-state index in [1.54, 1.807) is 21.3 Å². The molecule has 0 heterocycles. The van der Waals surface area contributed by atoms with Crippen LogP contribution >= 0.6 is 0 Å². The molecule has 0 amide bonds. The summed E-state index contributed by atoms with van der Waals surface area (Å²) in [6.07, 6.45) is 1.01. The Kier molecular flexibility index (Phi) is 5.76. The molecular weight excluding hydrogens is 160 g/mol. The molecule has 4 heteroatoms. The second-order valence-electron chi connectivity index (χ2n) is 2.64. The van der Waals surface area contributed by atoms with Crippen molar-refractivity contribution in [2.24, 2.45) is 0 Å². The van der Waals surface area contributed by atoms with Gasteiger partial charge in [0.1, 0.15) is 0 Å². The van der Waals surface area contributed by atoms with Gasteiger partial charge in [-0.05, 0) is 19.0 Å². The Bertz CT molecular complexity index is 93.7. The molecule has 0 aliphatic carbocycles. The number of hydrogen-bond donors (Lipinski definition) is 0. The van der Waals surface area contributed by atoms with E-state index < -0.39 is 8.56 Å². The van der Waals surface area contributed by atoms with Crippen LogP contribution in [-0.2, 0) is 13.6 Å². The van der Waals surface area contributed by atoms with E-state index in [0.717, 1.165) is 19.1 Å². The molecule has 0 aromatic heterocycles. The fraction of sp³-hybridized carbons (Fsp3) is 1.00. The van der Waals surface area contributed by atoms with Crippen LogP contribution in [0.15, 0.2) is 0 Å². The first-order valence-electron chi connectivity index (χ1n) is 3.78. The molecule has 11 heavy (non-hydrogen) atoms. The van der Waals surface area contributed by atoms with Gasteiger partial charge in [0, 0.05) is 27.9 Å². The average molecular weight is 178 g/mol. The van der Waals surface area contributed by atoms with Crippen molar-refractivity contribution in [2.45, 2.75) is 19.0 Å². The Morgan fingerprint density at radius 2 is 1.64 bits per heavy atom. The van der Waals surface area contributed by atoms with Gasteiger partial charge in [0.25, 0.3) is 0 Å². The van der Waals surface area contributed by atoms with Crippen LogP contribution in [0.5, 0.6) is 0 Å². The van der Waals surface area contributed by atoms with Crippen molar-refractivity contribution in [3.63, 3.8) is 0 Å². The number of hydrogen-bond acceptors (Lipinski definition) is 3. The van der Waals surface area contributed by atoms with Crippen LogP contribution in [0.4, 0.5) is 0 Å². The lowest BCUT2D eigenvalue weighted by Crippen LogP contribution is -2.36. The van der Waals surface area contributed by atoms with E-state index in [0.29, 0.717) is 0 Å². The second-order valence-corrected chi connectivity index (χ2v) is 6.22. The van der Waals surface area contributed by atoms with Crippen molar-refractivity contribution in [1.82, 2.24) is 0 Å². The lowest BCUT2D eigenvalue weighted by molar-refractivity contribution is 0.190. The van der Waals surface area contributed by atoms with Crippen LogP contribution < -0.4 is 0 Å². The predicted molar refractivity (Wildman–Crippen MR) is 46.9 cm³/mol. The van der Waals surface area contributed by atoms with Crippen LogP contribution in [0, 0.1) is 0 Å². The van der Waals surface area contributed by atoms with Crippen molar-refractivity contribution in [3.05, 3.63) is 0 Å². The summed E-state index contributed by atoms with van der Waals surface area (Å²) in [6, 6.07) is 0.994. The SMILES string of the molecule is COCCC[Si](C)(OC)OC. The first kappa shape index (κ1) is 11.1. The molecule has 0 atom stereocenters. The maximum absolute atomic E-state index is 5.29. The summed E-state index contributed by atoms with van der Waals surface area (Å²) in [5.74, 6) is 0. The monoisotopic (exact) mass is 178 g/mol. The number of methoxy groups -OCH3 is 1. The van der Waals surface area contributed by atoms with Crippen LogP contribution in [0.2, 0.25) is 12.6 Å². The first-order valence-corrected chi connectivity index (χ1v) is 6.30. The summed E-state index contributed by atoms with van der Waals surface area (Å²) in [5.41, 5.74) is 0. The van der Waals surface area contributed by atoms with E-state index in [1.807, 2.05) is 0 Å². The van der Waals surface area contributed by atoms with Gasteiger partial charge in [0.05, 0.1) is 0 Å². The maximum Gasteiger partial charge on any atom is 0.334 e. The smallest absolute Gasteiger partial charge is 0.334 e. The zero-order valence-electron chi connectivity index (χ0n) is 7.85. The molecule has 0 aliphatic heterocycles. The highest BCUT2D eigenvalue weighted by molar-refractivity contribution is 6.65. The predicted octanol–water partition coefficient (Wildman–Crippen LogP) is 1.39. The van der Waals surface area contributed by atoms with Crippen molar-refractivity contribution in [1.29, 1.82) is 0 Å². The molecule has 0 saturated heterocycles. The Hall–Kier alpha value is 0.0969. The third-order valence-corrected chi connectivity index (χ3v) is 4.83. The molecule has 0 aromatic carbocycles. The van der Waals surface area contributed by atoms with Gasteiger partial charge < -0.3 is 13.6 Å². The van der Waals surface area contributed by atoms with E-state index in [-0.39, 0.29) is 0 Å². The van der Waals surface area contributed by atoms with Crippen LogP contribution in [0.1, 0.15) is 6.42 Å². The van der Waals surface area contributed by atoms with Gasteiger partial charge in [-0.2, -0.15) is 0 Å². The second kappa shape index (κ2) is 5.71. The molecule has 0 rings (SSSR count). The molecule has 0 spiro atoms. The Morgan fingerprint density at radius 1 is 1.09 bits per heavy atom. The van der Waals surface area contributed by atoms with Crippen molar-refractivity contribution in [3.8, 4) is 0 Å². The minimum atomic E-state index is -1.81. The quantitative estimate of drug-likeness (QED) is 0.454. The van der Waals surface area contributed by atoms with Gasteiger partial charge >= 0.3 is 8.56 Å². The molecule has 0 unspecified atom stereocenters. The summed E-state index contributed by atoms with van der Waals surface area (Å²) in [5, 5.41) is 0. The molecule has 0 bridgehead atoms. The molecule has 3 nitrogen and oxygen atoms in total. The van der Waals surface area contributed by atoms with E-state index in [2.05, 4.69) is 6.55 Å². The standard InChI is InChI=1S/C7H18O3Si/c1-8-6-5-7-11(4,9-2)10-3/h5-7H2,1-4H3. The van der Waals surface area contributed by atoms with Crippen molar-refractivity contribution < 1.29 is 13.6 Å². The number of ether oxygens (including phenoxy) is 1. The minimum Gasteiger partial charge on any atom is -0.398 e. The Morgan fingerprint density at radius 3 is 2.00 bits per heavy atom. The summed E-state index contributed by atoms with van der Waals surface area (Å²) in [4.78, 5) is 0. The number of rotatable bonds is 6. The zero-order valence-corrected chi connectivity index (χ0v) is 8.85. The van der Waals surface area contributed by atoms with E-state index in [1.165, 1.54) is 0 Å². The topological polar surface area (TPSA) is 27.7 Å². The highest BCUT2D eigenvalue weighted by atomic mass is 28.4. The Balaban J connectivity index is 3.51. The lowest BCUT2D eigenvalue weighted by atomic mass is 10.5. The third-order valence-electron chi connectivity index (χ3n) is 1.84. The summed E-state index contributed by atoms with van der Waals surface area (Å²) >= 11 is 0. The molecule has 0 fully saturated rings. The van der Waals surface area contributed by atoms with Crippen LogP contribution in [-0.4, -0.2) is 36.5 Å². The minimum absolute atomic E-state index is 0.787. The summed E-state index contributed by atoms with van der Waals surface area (Å²) in [7, 11) is 3.31. The van der Waals surface area contributed by atoms with Gasteiger partial charge in [-0.3, -0.25) is 0 Å². The molecule has 0 aromatic rings. The van der Waals surface area contributed by atoms with Gasteiger partial charge in [0.2, 0.25) is 0 Å². The highest BCUT2D eigenvalue weighted by Gasteiger charge is 2.27. The normalized spacial score (nSPS) is 12.0. The third kappa shape index (κ3) is 4.52. The average Bonchev–Trinajstić information content (AvgIpc) is 2.05. The molecule has 0 radical (unpaired) electrons. The van der Waals surface area contributed by atoms with Crippen LogP contribution in [0.3, 0.4) is 0 Å². The van der Waals surface area contributed by atoms with Crippen molar-refractivity contribution >= 4 is 8.56 Å². The fourth-order valence-corrected chi connectivity index (χ4v) is 2.19. The van der Waals surface area contributed by atoms with Crippen LogP contribution in [0.25, 0.3) is 0 Å². The van der Waals surface area contributed by atoms with Gasteiger partial charge in [-0.1, -0.05) is 0 Å². The van der Waals surface area contributed by atoms with E-state index in [4.69, 9.17) is 13.6 Å². The molecular formula is C7H18O3Si. The largest absolute Gasteiger partial charge is 0.398 e. The van der Waals surface area contributed by atoms with E-state index in [9.17, 15) is 0 Å². The van der Waals surface area contributed by atoms with Gasteiger partial charge in [-0.15, -0.1) is 0 Å². The highest BCUT2D eigenvalue weighted by Crippen LogP contribution is 2.12. The molecule has 68 valence electrons. The van der Waals surface area contributed by atoms with Gasteiger partial charge in [0.15, 0.2) is 0 Å². The molecule has 0 saturated carbocycles. The summed E-state index contributed by atoms with van der Waals surface area (Å²) in [6.45, 7) is 2.85. The van der Waals surface area contributed by atoms with Crippen molar-refractivity contribution in [2.75, 3.05) is 27.9 Å². The zero-order chi connectivity index (χ0) is 8.74. The lowest BCUT2D eigenvalue weighted by Gasteiger charge is -2.22.